The molecule has 0 aromatic heterocycles. The average Bonchev–Trinajstić information content (AvgIpc) is 3.00. The molecule has 30 heavy (non-hydrogen) atoms. The summed E-state index contributed by atoms with van der Waals surface area (Å²) in [4.78, 5) is 37.3. The van der Waals surface area contributed by atoms with Crippen LogP contribution in [0.25, 0.3) is 6.08 Å². The summed E-state index contributed by atoms with van der Waals surface area (Å²) in [6.07, 6.45) is 1.18. The van der Waals surface area contributed by atoms with Crippen LogP contribution in [0.2, 0.25) is 0 Å². The topological polar surface area (TPSA) is 83.9 Å². The van der Waals surface area contributed by atoms with Crippen molar-refractivity contribution in [3.8, 4) is 5.75 Å². The summed E-state index contributed by atoms with van der Waals surface area (Å²) >= 11 is 6.57. The highest BCUT2D eigenvalue weighted by Crippen LogP contribution is 2.36. The Bertz CT molecular complexity index is 1030. The first-order valence-electron chi connectivity index (χ1n) is 9.18. The summed E-state index contributed by atoms with van der Waals surface area (Å²) in [6, 6.07) is 13.6. The van der Waals surface area contributed by atoms with Gasteiger partial charge in [-0.2, -0.15) is 0 Å². The molecule has 1 fully saturated rings. The highest BCUT2D eigenvalue weighted by atomic mass is 32.2. The number of carboxylic acids is 1. The van der Waals surface area contributed by atoms with Crippen molar-refractivity contribution in [1.29, 1.82) is 0 Å². The van der Waals surface area contributed by atoms with Crippen LogP contribution in [0.15, 0.2) is 53.4 Å². The van der Waals surface area contributed by atoms with Gasteiger partial charge in [0.1, 0.15) is 5.75 Å². The number of rotatable bonds is 7. The van der Waals surface area contributed by atoms with Crippen molar-refractivity contribution in [2.45, 2.75) is 26.4 Å². The van der Waals surface area contributed by atoms with Crippen LogP contribution >= 0.6 is 24.0 Å². The number of hydrogen-bond acceptors (Lipinski definition) is 6. The number of thioether (sulfide) groups is 1. The normalized spacial score (nSPS) is 16.1. The summed E-state index contributed by atoms with van der Waals surface area (Å²) in [5.41, 5.74) is 1.93. The Kier molecular flexibility index (Phi) is 6.69. The second-order valence-electron chi connectivity index (χ2n) is 6.54. The van der Waals surface area contributed by atoms with Gasteiger partial charge in [-0.1, -0.05) is 43.0 Å². The molecular weight excluding hydrogens is 422 g/mol. The third-order valence-corrected chi connectivity index (χ3v) is 5.73. The third-order valence-electron chi connectivity index (χ3n) is 4.43. The molecule has 1 atom stereocenters. The maximum absolute atomic E-state index is 12.9. The van der Waals surface area contributed by atoms with Crippen LogP contribution < -0.4 is 9.64 Å². The van der Waals surface area contributed by atoms with Gasteiger partial charge in [0.05, 0.1) is 10.6 Å². The van der Waals surface area contributed by atoms with E-state index in [0.717, 1.165) is 5.56 Å². The fourth-order valence-electron chi connectivity index (χ4n) is 2.80. The number of ether oxygens (including phenoxy) is 1. The molecule has 3 rings (SSSR count). The van der Waals surface area contributed by atoms with E-state index in [4.69, 9.17) is 22.1 Å². The van der Waals surface area contributed by atoms with Crippen molar-refractivity contribution in [2.75, 3.05) is 4.90 Å². The van der Waals surface area contributed by atoms with E-state index >= 15 is 0 Å². The first-order valence-corrected chi connectivity index (χ1v) is 10.4. The lowest BCUT2D eigenvalue weighted by Crippen LogP contribution is -2.27. The highest BCUT2D eigenvalue weighted by molar-refractivity contribution is 8.27. The number of Topliss-reactive ketones (excluding diaryl/α,β-unsaturated/α-hetero) is 1. The summed E-state index contributed by atoms with van der Waals surface area (Å²) in [6.45, 7) is 3.22. The number of carbonyl (C=O) groups excluding carboxylic acids is 2. The maximum Gasteiger partial charge on any atom is 0.344 e. The highest BCUT2D eigenvalue weighted by Gasteiger charge is 2.33. The molecule has 0 bridgehead atoms. The van der Waals surface area contributed by atoms with Crippen LogP contribution in [-0.2, 0) is 9.59 Å². The molecule has 0 spiro atoms. The van der Waals surface area contributed by atoms with Gasteiger partial charge >= 0.3 is 5.97 Å². The molecule has 1 N–H and O–H groups in total. The first-order chi connectivity index (χ1) is 14.3. The number of benzene rings is 2. The second-order valence-corrected chi connectivity index (χ2v) is 8.22. The SMILES string of the molecule is CCC(Oc1ccc(/C=C2/SC(=S)N(c3ccc(C(C)=O)cc3)C2=O)cc1)C(=O)O. The Balaban J connectivity index is 1.76. The first kappa shape index (κ1) is 21.7. The zero-order chi connectivity index (χ0) is 21.8. The van der Waals surface area contributed by atoms with Crippen molar-refractivity contribution in [3.63, 3.8) is 0 Å². The van der Waals surface area contributed by atoms with Crippen molar-refractivity contribution < 1.29 is 24.2 Å². The van der Waals surface area contributed by atoms with Crippen molar-refractivity contribution in [1.82, 2.24) is 0 Å². The van der Waals surface area contributed by atoms with Gasteiger partial charge in [0.15, 0.2) is 16.2 Å². The summed E-state index contributed by atoms with van der Waals surface area (Å²) < 4.78 is 5.86. The van der Waals surface area contributed by atoms with Crippen LogP contribution in [0, 0.1) is 0 Å². The van der Waals surface area contributed by atoms with Crippen LogP contribution in [0.5, 0.6) is 5.75 Å². The van der Waals surface area contributed by atoms with E-state index < -0.39 is 12.1 Å². The number of ketones is 1. The number of thiocarbonyl (C=S) groups is 1. The number of carbonyl (C=O) groups is 3. The fourth-order valence-corrected chi connectivity index (χ4v) is 4.10. The lowest BCUT2D eigenvalue weighted by atomic mass is 10.1. The molecule has 1 aliphatic heterocycles. The van der Waals surface area contributed by atoms with Crippen LogP contribution in [0.3, 0.4) is 0 Å². The number of amides is 1. The quantitative estimate of drug-likeness (QED) is 0.384. The van der Waals surface area contributed by atoms with Gasteiger partial charge in [-0.15, -0.1) is 0 Å². The molecule has 1 unspecified atom stereocenters. The van der Waals surface area contributed by atoms with Gasteiger partial charge in [0, 0.05) is 5.56 Å². The third kappa shape index (κ3) is 4.77. The number of nitrogens with zero attached hydrogens (tertiary/aromatic N) is 1. The molecule has 0 saturated carbocycles. The van der Waals surface area contributed by atoms with E-state index in [1.54, 1.807) is 61.5 Å². The molecule has 2 aromatic rings. The smallest absolute Gasteiger partial charge is 0.344 e. The average molecular weight is 442 g/mol. The Morgan fingerprint density at radius 1 is 1.17 bits per heavy atom. The monoisotopic (exact) mass is 441 g/mol. The zero-order valence-electron chi connectivity index (χ0n) is 16.3. The van der Waals surface area contributed by atoms with Crippen molar-refractivity contribution in [2.24, 2.45) is 0 Å². The van der Waals surface area contributed by atoms with Gasteiger partial charge < -0.3 is 9.84 Å². The fraction of sp³-hybridized carbons (Fsp3) is 0.182. The largest absolute Gasteiger partial charge is 0.479 e. The molecule has 8 heteroatoms. The molecule has 1 heterocycles. The Hall–Kier alpha value is -2.97. The number of aliphatic carboxylic acids is 1. The molecule has 0 aliphatic carbocycles. The van der Waals surface area contributed by atoms with Crippen molar-refractivity contribution in [3.05, 3.63) is 64.6 Å². The minimum atomic E-state index is -1.01. The van der Waals surface area contributed by atoms with Gasteiger partial charge in [-0.3, -0.25) is 14.5 Å². The number of hydrogen-bond donors (Lipinski definition) is 1. The van der Waals surface area contributed by atoms with Crippen molar-refractivity contribution >= 4 is 57.7 Å². The van der Waals surface area contributed by atoms with Gasteiger partial charge in [-0.25, -0.2) is 4.79 Å². The van der Waals surface area contributed by atoms with Gasteiger partial charge in [0.2, 0.25) is 0 Å². The van der Waals surface area contributed by atoms with E-state index in [9.17, 15) is 14.4 Å². The molecule has 0 radical (unpaired) electrons. The minimum absolute atomic E-state index is 0.0483. The molecule has 6 nitrogen and oxygen atoms in total. The predicted octanol–water partition coefficient (Wildman–Crippen LogP) is 4.54. The van der Waals surface area contributed by atoms with Crippen LogP contribution in [-0.4, -0.2) is 33.2 Å². The second kappa shape index (κ2) is 9.23. The molecule has 154 valence electrons. The summed E-state index contributed by atoms with van der Waals surface area (Å²) in [7, 11) is 0. The molecule has 1 saturated heterocycles. The molecule has 2 aromatic carbocycles. The number of anilines is 1. The van der Waals surface area contributed by atoms with E-state index in [0.29, 0.717) is 32.6 Å². The lowest BCUT2D eigenvalue weighted by molar-refractivity contribution is -0.145. The minimum Gasteiger partial charge on any atom is -0.479 e. The zero-order valence-corrected chi connectivity index (χ0v) is 18.0. The molecule has 1 amide bonds. The van der Waals surface area contributed by atoms with Gasteiger partial charge in [-0.05, 0) is 61.4 Å². The summed E-state index contributed by atoms with van der Waals surface area (Å²) in [5.74, 6) is -0.855. The standard InChI is InChI=1S/C22H19NO5S2/c1-3-18(21(26)27)28-17-10-4-14(5-11-17)12-19-20(25)23(22(29)30-19)16-8-6-15(7-9-16)13(2)24/h4-12,18H,3H2,1-2H3,(H,26,27)/b19-12+. The van der Waals surface area contributed by atoms with Crippen LogP contribution in [0.1, 0.15) is 36.2 Å². The lowest BCUT2D eigenvalue weighted by Gasteiger charge is -2.14. The van der Waals surface area contributed by atoms with E-state index in [1.165, 1.54) is 23.6 Å². The van der Waals surface area contributed by atoms with Gasteiger partial charge in [0.25, 0.3) is 5.91 Å². The Morgan fingerprint density at radius 2 is 1.80 bits per heavy atom. The number of carboxylic acid groups (broad SMARTS) is 1. The van der Waals surface area contributed by atoms with E-state index in [2.05, 4.69) is 0 Å². The van der Waals surface area contributed by atoms with Crippen LogP contribution in [0.4, 0.5) is 5.69 Å². The molecular formula is C22H19NO5S2. The Labute approximate surface area is 183 Å². The Morgan fingerprint density at radius 3 is 2.33 bits per heavy atom. The predicted molar refractivity (Wildman–Crippen MR) is 121 cm³/mol. The maximum atomic E-state index is 12.9. The van der Waals surface area contributed by atoms with E-state index in [1.807, 2.05) is 0 Å². The summed E-state index contributed by atoms with van der Waals surface area (Å²) in [5, 5.41) is 9.09. The molecule has 1 aliphatic rings. The van der Waals surface area contributed by atoms with E-state index in [-0.39, 0.29) is 11.7 Å².